The lowest BCUT2D eigenvalue weighted by Gasteiger charge is -2.30. The van der Waals surface area contributed by atoms with E-state index >= 15 is 0 Å². The van der Waals surface area contributed by atoms with Crippen LogP contribution in [0.1, 0.15) is 76.8 Å². The first-order valence-corrected chi connectivity index (χ1v) is 27.6. The number of hydrogen-bond acceptors (Lipinski definition) is 11. The number of ether oxygens (including phenoxy) is 1. The van der Waals surface area contributed by atoms with Gasteiger partial charge in [0.15, 0.2) is 5.71 Å². The maximum absolute atomic E-state index is 12.7. The number of hydrogen-bond donors (Lipinski definition) is 5. The number of aliphatic carboxylic acids is 1. The Bertz CT molecular complexity index is 3290. The van der Waals surface area contributed by atoms with Crippen molar-refractivity contribution in [2.75, 3.05) is 37.5 Å². The highest BCUT2D eigenvalue weighted by Gasteiger charge is 2.49. The Hall–Kier alpha value is -5.10. The predicted octanol–water partition coefficient (Wildman–Crippen LogP) is 7.79. The Balaban J connectivity index is 1.42. The minimum absolute atomic E-state index is 0.0133. The fourth-order valence-corrected chi connectivity index (χ4v) is 12.0. The van der Waals surface area contributed by atoms with E-state index in [0.29, 0.717) is 66.9 Å². The molecule has 2 aliphatic rings. The second kappa shape index (κ2) is 20.1. The largest absolute Gasteiger partial charge is 0.481 e. The van der Waals surface area contributed by atoms with Crippen LogP contribution in [-0.2, 0) is 60.8 Å². The third-order valence-corrected chi connectivity index (χ3v) is 16.1. The van der Waals surface area contributed by atoms with Gasteiger partial charge in [-0.3, -0.25) is 23.0 Å². The van der Waals surface area contributed by atoms with E-state index in [0.717, 1.165) is 22.7 Å². The van der Waals surface area contributed by atoms with E-state index in [-0.39, 0.29) is 41.5 Å². The number of carbonyl (C=O) groups is 1. The fraction of sp³-hybridized carbons (Fsp3) is 0.362. The van der Waals surface area contributed by atoms with Crippen LogP contribution in [0.4, 0.5) is 11.4 Å². The molecule has 21 heteroatoms. The molecule has 2 aliphatic heterocycles. The van der Waals surface area contributed by atoms with E-state index < -0.39 is 72.8 Å². The summed E-state index contributed by atoms with van der Waals surface area (Å²) < 4.78 is 146. The Morgan fingerprint density at radius 2 is 1.37 bits per heavy atom. The quantitative estimate of drug-likeness (QED) is 0.0231. The second-order valence-corrected chi connectivity index (χ2v) is 23.0. The van der Waals surface area contributed by atoms with E-state index in [1.807, 2.05) is 54.5 Å². The molecule has 0 amide bonds. The number of fused-ring (bicyclic) bond motifs is 6. The third-order valence-electron chi connectivity index (χ3n) is 12.7. The predicted molar refractivity (Wildman–Crippen MR) is 259 cm³/mol. The smallest absolute Gasteiger partial charge is 0.303 e. The normalized spacial score (nSPS) is 19.8. The van der Waals surface area contributed by atoms with Crippen molar-refractivity contribution in [3.63, 3.8) is 0 Å². The number of unbranched alkanes of at least 4 members (excludes halogenated alkanes) is 2. The maximum atomic E-state index is 12.7. The number of nitrogens with zero attached hydrogens (tertiary/aromatic N) is 2. The number of allylic oxidation sites excluding steroid dienone is 8. The molecule has 2 atom stereocenters. The summed E-state index contributed by atoms with van der Waals surface area (Å²) in [6, 6.07) is 13.1. The highest BCUT2D eigenvalue weighted by Crippen LogP contribution is 2.53. The molecule has 6 rings (SSSR count). The van der Waals surface area contributed by atoms with Gasteiger partial charge in [0.1, 0.15) is 11.4 Å². The first-order valence-electron chi connectivity index (χ1n) is 21.7. The van der Waals surface area contributed by atoms with E-state index in [2.05, 4.69) is 0 Å². The minimum Gasteiger partial charge on any atom is -0.481 e. The van der Waals surface area contributed by atoms with Gasteiger partial charge in [-0.1, -0.05) is 42.5 Å². The number of rotatable bonds is 21. The Morgan fingerprint density at radius 3 is 2.00 bits per heavy atom. The molecule has 0 saturated heterocycles. The van der Waals surface area contributed by atoms with Crippen molar-refractivity contribution in [2.24, 2.45) is 0 Å². The average molecular weight is 1020 g/mol. The number of methoxy groups -OCH3 is 1. The molecule has 5 N–H and O–H groups in total. The van der Waals surface area contributed by atoms with Gasteiger partial charge >= 0.3 is 5.97 Å². The molecule has 17 nitrogen and oxygen atoms in total. The summed E-state index contributed by atoms with van der Waals surface area (Å²) in [4.78, 5) is 11.6. The summed E-state index contributed by atoms with van der Waals surface area (Å²) in [5, 5.41) is 10.7. The van der Waals surface area contributed by atoms with Crippen LogP contribution in [0.25, 0.3) is 21.5 Å². The fourth-order valence-electron chi connectivity index (χ4n) is 9.65. The Labute approximate surface area is 396 Å². The zero-order chi connectivity index (χ0) is 50.0. The summed E-state index contributed by atoms with van der Waals surface area (Å²) in [5.74, 6) is -1.41. The minimum atomic E-state index is -4.98. The molecule has 0 aliphatic carbocycles. The van der Waals surface area contributed by atoms with Crippen LogP contribution < -0.4 is 4.90 Å². The molecule has 4 aromatic rings. The first-order chi connectivity index (χ1) is 31.8. The highest BCUT2D eigenvalue weighted by atomic mass is 32.2. The molecule has 4 aromatic carbocycles. The molecule has 68 heavy (non-hydrogen) atoms. The summed E-state index contributed by atoms with van der Waals surface area (Å²) in [6.07, 6.45) is 14.9. The van der Waals surface area contributed by atoms with E-state index in [4.69, 9.17) is 4.74 Å². The monoisotopic (exact) mass is 1020 g/mol. The van der Waals surface area contributed by atoms with Gasteiger partial charge in [0.2, 0.25) is 5.69 Å². The molecule has 2 unspecified atom stereocenters. The number of carboxylic acid groups (broad SMARTS) is 1. The van der Waals surface area contributed by atoms with Crippen LogP contribution in [0.2, 0.25) is 0 Å². The molecular formula is C47H55N2O15S4+. The first kappa shape index (κ1) is 52.3. The van der Waals surface area contributed by atoms with Gasteiger partial charge < -0.3 is 14.7 Å². The summed E-state index contributed by atoms with van der Waals surface area (Å²) >= 11 is 0. The van der Waals surface area contributed by atoms with Crippen molar-refractivity contribution in [3.8, 4) is 0 Å². The van der Waals surface area contributed by atoms with Gasteiger partial charge in [0, 0.05) is 73.0 Å². The second-order valence-electron chi connectivity index (χ2n) is 17.2. The van der Waals surface area contributed by atoms with Crippen LogP contribution in [0.5, 0.6) is 0 Å². The molecule has 0 fully saturated rings. The average Bonchev–Trinajstić information content (AvgIpc) is 3.63. The van der Waals surface area contributed by atoms with Crippen LogP contribution in [0, 0.1) is 0 Å². The molecule has 0 aromatic heterocycles. The summed E-state index contributed by atoms with van der Waals surface area (Å²) in [5.41, 5.74) is 2.30. The molecular weight excluding hydrogens is 961 g/mol. The van der Waals surface area contributed by atoms with Crippen LogP contribution in [0.15, 0.2) is 118 Å². The number of carboxylic acids is 1. The van der Waals surface area contributed by atoms with Gasteiger partial charge in [-0.25, -0.2) is 0 Å². The van der Waals surface area contributed by atoms with Crippen molar-refractivity contribution in [3.05, 3.63) is 114 Å². The Kier molecular flexibility index (Phi) is 15.4. The Morgan fingerprint density at radius 1 is 0.706 bits per heavy atom. The zero-order valence-corrected chi connectivity index (χ0v) is 41.1. The van der Waals surface area contributed by atoms with Gasteiger partial charge in [-0.2, -0.15) is 38.2 Å². The molecule has 366 valence electrons. The number of benzene rings is 4. The van der Waals surface area contributed by atoms with Gasteiger partial charge in [0.25, 0.3) is 40.5 Å². The lowest BCUT2D eigenvalue weighted by molar-refractivity contribution is -0.438. The van der Waals surface area contributed by atoms with Crippen LogP contribution in [-0.4, -0.2) is 106 Å². The molecule has 0 radical (unpaired) electrons. The van der Waals surface area contributed by atoms with Gasteiger partial charge in [-0.15, -0.1) is 0 Å². The highest BCUT2D eigenvalue weighted by molar-refractivity contribution is 7.87. The molecule has 0 bridgehead atoms. The molecule has 2 heterocycles. The standard InChI is InChI=1S/C47H54N2O15S4/c1-5-48-38-22-19-32-18-20-33(66(55,56)57)29-36(32)44(38)46(2,24-14-28-65(52,53)54)41(48)15-10-7-6-8-11-16-42-47(3,25-27-64-4)45-37-30-34(67(58,59)60)31-40(68(61,62)63)35(37)21-23-39(45)49(42)26-13-9-12-17-43(50)51/h6-8,10-11,15-16,18-23,29-31H,5,9,12-14,17,24-28H2,1-4H3,(H4-,50,51,52,53,54,55,56,57,58,59,60,61,62,63)/p+1. The van der Waals surface area contributed by atoms with Crippen molar-refractivity contribution < 1.29 is 71.1 Å². The van der Waals surface area contributed by atoms with Crippen molar-refractivity contribution in [1.82, 2.24) is 0 Å². The van der Waals surface area contributed by atoms with Crippen molar-refractivity contribution in [1.29, 1.82) is 0 Å². The van der Waals surface area contributed by atoms with Crippen LogP contribution >= 0.6 is 0 Å². The van der Waals surface area contributed by atoms with E-state index in [1.54, 1.807) is 42.5 Å². The van der Waals surface area contributed by atoms with Gasteiger partial charge in [-0.05, 0) is 117 Å². The molecule has 0 spiro atoms. The maximum Gasteiger partial charge on any atom is 0.303 e. The SMILES string of the molecule is CCN1C(=CC=CC=CC=CC2=[N+](CCCCCC(=O)O)c3ccc4c(S(=O)(=O)O)cc(S(=O)(=O)O)cc4c3C2(C)CCOC)C(C)(CCCS(=O)(=O)O)c2c1ccc1ccc(S(=O)(=O)O)cc21. The number of likely N-dealkylation sites (N-methyl/N-ethyl adjacent to an activating group) is 1. The third kappa shape index (κ3) is 11.0. The summed E-state index contributed by atoms with van der Waals surface area (Å²) in [7, 11) is -17.3. The zero-order valence-electron chi connectivity index (χ0n) is 37.9. The summed E-state index contributed by atoms with van der Waals surface area (Å²) in [6.45, 7) is 6.87. The van der Waals surface area contributed by atoms with E-state index in [1.165, 1.54) is 31.4 Å². The van der Waals surface area contributed by atoms with Gasteiger partial charge in [0.05, 0.1) is 21.0 Å². The lowest BCUT2D eigenvalue weighted by atomic mass is 9.75. The van der Waals surface area contributed by atoms with Crippen molar-refractivity contribution in [2.45, 2.75) is 91.2 Å². The van der Waals surface area contributed by atoms with Crippen LogP contribution in [0.3, 0.4) is 0 Å². The lowest BCUT2D eigenvalue weighted by Crippen LogP contribution is -2.33. The van der Waals surface area contributed by atoms with Crippen molar-refractivity contribution >= 4 is 85.1 Å². The molecule has 0 saturated carbocycles. The topological polar surface area (TPSA) is 270 Å². The van der Waals surface area contributed by atoms with E-state index in [9.17, 15) is 61.8 Å². The number of anilines is 1.